The van der Waals surface area contributed by atoms with Crippen molar-refractivity contribution in [1.82, 2.24) is 40.4 Å². The summed E-state index contributed by atoms with van der Waals surface area (Å²) in [6, 6.07) is 14.6. The van der Waals surface area contributed by atoms with Crippen LogP contribution >= 0.6 is 0 Å². The maximum atomic E-state index is 13.8. The third-order valence-electron chi connectivity index (χ3n) is 13.2. The number of ether oxygens (including phenoxy) is 2. The molecule has 0 aliphatic carbocycles. The zero-order chi connectivity index (χ0) is 46.3. The molecule has 3 aromatic carbocycles. The number of H-pyrrole nitrogens is 2. The molecule has 3 saturated heterocycles. The van der Waals surface area contributed by atoms with E-state index < -0.39 is 36.0 Å². The van der Waals surface area contributed by atoms with Crippen molar-refractivity contribution in [3.05, 3.63) is 89.0 Å². The number of halogens is 3. The number of methoxy groups -OCH3 is 2. The molecule has 6 atom stereocenters. The predicted octanol–water partition coefficient (Wildman–Crippen LogP) is 8.63. The van der Waals surface area contributed by atoms with E-state index in [0.717, 1.165) is 47.1 Å². The number of aromatic amines is 2. The van der Waals surface area contributed by atoms with Crippen LogP contribution in [0.25, 0.3) is 22.1 Å². The fourth-order valence-corrected chi connectivity index (χ4v) is 9.86. The lowest BCUT2D eigenvalue weighted by molar-refractivity contribution is -0.138. The van der Waals surface area contributed by atoms with Crippen LogP contribution in [0.2, 0.25) is 0 Å². The van der Waals surface area contributed by atoms with Gasteiger partial charge in [-0.3, -0.25) is 9.59 Å². The minimum absolute atomic E-state index is 0.176. The van der Waals surface area contributed by atoms with Crippen LogP contribution in [-0.2, 0) is 25.2 Å². The Morgan fingerprint density at radius 2 is 1.08 bits per heavy atom. The first-order valence-electron chi connectivity index (χ1n) is 22.3. The van der Waals surface area contributed by atoms with Gasteiger partial charge in [-0.25, -0.2) is 19.6 Å². The Labute approximate surface area is 374 Å². The second-order valence-corrected chi connectivity index (χ2v) is 18.0. The fraction of sp³-hybridized carbons (Fsp3) is 0.489. The number of imidazole rings is 2. The van der Waals surface area contributed by atoms with Crippen molar-refractivity contribution in [1.29, 1.82) is 0 Å². The second-order valence-electron chi connectivity index (χ2n) is 18.0. The molecule has 3 fully saturated rings. The van der Waals surface area contributed by atoms with Gasteiger partial charge in [0.2, 0.25) is 11.8 Å². The molecule has 4 N–H and O–H groups in total. The molecule has 18 heteroatoms. The van der Waals surface area contributed by atoms with E-state index >= 15 is 0 Å². The van der Waals surface area contributed by atoms with Crippen LogP contribution in [0.4, 0.5) is 28.4 Å². The van der Waals surface area contributed by atoms with Crippen LogP contribution in [0.3, 0.4) is 0 Å². The highest BCUT2D eigenvalue weighted by atomic mass is 19.4. The largest absolute Gasteiger partial charge is 0.453 e. The number of likely N-dealkylation sites (tertiary alicyclic amines) is 2. The van der Waals surface area contributed by atoms with Gasteiger partial charge in [-0.1, -0.05) is 39.8 Å². The van der Waals surface area contributed by atoms with Crippen LogP contribution < -0.4 is 15.5 Å². The summed E-state index contributed by atoms with van der Waals surface area (Å²) < 4.78 is 51.0. The fourth-order valence-electron chi connectivity index (χ4n) is 9.86. The van der Waals surface area contributed by atoms with Gasteiger partial charge in [0.25, 0.3) is 0 Å². The lowest BCUT2D eigenvalue weighted by atomic mass is 10.0. The Kier molecular flexibility index (Phi) is 12.7. The molecular formula is C47H56F3N9O6. The molecule has 0 spiro atoms. The van der Waals surface area contributed by atoms with Crippen molar-refractivity contribution in [3.63, 3.8) is 0 Å². The van der Waals surface area contributed by atoms with Crippen molar-refractivity contribution in [2.24, 2.45) is 11.8 Å². The number of benzene rings is 3. The first-order chi connectivity index (χ1) is 31.1. The van der Waals surface area contributed by atoms with E-state index in [-0.39, 0.29) is 47.8 Å². The van der Waals surface area contributed by atoms with Crippen molar-refractivity contribution in [2.45, 2.75) is 109 Å². The number of carbonyl (C=O) groups excluding carboxylic acids is 4. The lowest BCUT2D eigenvalue weighted by Gasteiger charge is -2.33. The Morgan fingerprint density at radius 3 is 1.46 bits per heavy atom. The van der Waals surface area contributed by atoms with Gasteiger partial charge >= 0.3 is 18.4 Å². The van der Waals surface area contributed by atoms with Crippen molar-refractivity contribution in [2.75, 3.05) is 32.2 Å². The Morgan fingerprint density at radius 1 is 0.646 bits per heavy atom. The highest BCUT2D eigenvalue weighted by molar-refractivity contribution is 5.87. The topological polar surface area (TPSA) is 178 Å². The van der Waals surface area contributed by atoms with Gasteiger partial charge in [-0.15, -0.1) is 0 Å². The molecule has 15 nitrogen and oxygen atoms in total. The van der Waals surface area contributed by atoms with E-state index in [0.29, 0.717) is 67.1 Å². The third kappa shape index (κ3) is 9.03. The van der Waals surface area contributed by atoms with E-state index in [2.05, 4.69) is 25.5 Å². The number of hydrogen-bond acceptors (Lipinski definition) is 9. The minimum Gasteiger partial charge on any atom is -0.453 e. The smallest absolute Gasteiger partial charge is 0.416 e. The van der Waals surface area contributed by atoms with E-state index in [1.54, 1.807) is 9.80 Å². The SMILES string of the molecule is COC(=O)NC(C(=O)N1CCCC1c1nc2ccc(C3CCC(c4ccc5nc(C6CCCN6C(=O)C(NC(=O)OC)C(C)C)[nH]c5c4)N3c3ccc(C(F)(F)F)cc3)cc2[nH]1)C(C)C. The van der Waals surface area contributed by atoms with Crippen LogP contribution in [0.5, 0.6) is 0 Å². The summed E-state index contributed by atoms with van der Waals surface area (Å²) in [4.78, 5) is 74.4. The van der Waals surface area contributed by atoms with Gasteiger partial charge in [-0.05, 0) is 110 Å². The van der Waals surface area contributed by atoms with Gasteiger partial charge in [-0.2, -0.15) is 13.2 Å². The molecule has 346 valence electrons. The normalized spacial score (nSPS) is 21.1. The van der Waals surface area contributed by atoms with E-state index in [1.807, 2.05) is 64.1 Å². The maximum absolute atomic E-state index is 13.8. The van der Waals surface area contributed by atoms with Crippen LogP contribution in [0, 0.1) is 11.8 Å². The maximum Gasteiger partial charge on any atom is 0.416 e. The van der Waals surface area contributed by atoms with Crippen molar-refractivity contribution < 1.29 is 41.8 Å². The number of nitrogens with zero attached hydrogens (tertiary/aromatic N) is 5. The predicted molar refractivity (Wildman–Crippen MR) is 237 cm³/mol. The molecule has 3 aliphatic rings. The van der Waals surface area contributed by atoms with Gasteiger partial charge in [0, 0.05) is 18.8 Å². The van der Waals surface area contributed by atoms with Crippen LogP contribution in [0.15, 0.2) is 60.7 Å². The van der Waals surface area contributed by atoms with Gasteiger partial charge < -0.3 is 44.8 Å². The highest BCUT2D eigenvalue weighted by Crippen LogP contribution is 2.48. The number of aromatic nitrogens is 4. The summed E-state index contributed by atoms with van der Waals surface area (Å²) in [7, 11) is 2.52. The van der Waals surface area contributed by atoms with E-state index in [9.17, 15) is 32.3 Å². The third-order valence-corrected chi connectivity index (χ3v) is 13.2. The van der Waals surface area contributed by atoms with Crippen molar-refractivity contribution in [3.8, 4) is 0 Å². The number of nitrogens with one attached hydrogen (secondary N) is 4. The molecular weight excluding hydrogens is 844 g/mol. The van der Waals surface area contributed by atoms with E-state index in [1.165, 1.54) is 26.4 Å². The number of amides is 4. The zero-order valence-corrected chi connectivity index (χ0v) is 37.4. The molecule has 2 aromatic heterocycles. The molecule has 0 radical (unpaired) electrons. The number of carbonyl (C=O) groups is 4. The number of anilines is 1. The molecule has 5 heterocycles. The highest BCUT2D eigenvalue weighted by Gasteiger charge is 2.41. The number of alkyl carbamates (subject to hydrolysis) is 2. The number of rotatable bonds is 11. The molecule has 3 aliphatic heterocycles. The average Bonchev–Trinajstić information content (AvgIpc) is 4.14. The van der Waals surface area contributed by atoms with Crippen LogP contribution in [0.1, 0.15) is 119 Å². The molecule has 0 bridgehead atoms. The van der Waals surface area contributed by atoms with Crippen LogP contribution in [-0.4, -0.2) is 93.1 Å². The second kappa shape index (κ2) is 18.3. The quantitative estimate of drug-likeness (QED) is 0.101. The number of fused-ring (bicyclic) bond motifs is 2. The number of alkyl halides is 3. The van der Waals surface area contributed by atoms with Gasteiger partial charge in [0.1, 0.15) is 23.7 Å². The Hall–Kier alpha value is -6.33. The molecule has 4 amide bonds. The lowest BCUT2D eigenvalue weighted by Crippen LogP contribution is -2.51. The molecule has 65 heavy (non-hydrogen) atoms. The summed E-state index contributed by atoms with van der Waals surface area (Å²) in [5.41, 5.74) is 4.79. The first kappa shape index (κ1) is 45.2. The summed E-state index contributed by atoms with van der Waals surface area (Å²) in [5, 5.41) is 5.37. The van der Waals surface area contributed by atoms with Gasteiger partial charge in [0.05, 0.1) is 66.0 Å². The van der Waals surface area contributed by atoms with Gasteiger partial charge in [0.15, 0.2) is 0 Å². The molecule has 8 rings (SSSR count). The Balaban J connectivity index is 1.09. The summed E-state index contributed by atoms with van der Waals surface area (Å²) in [6.45, 7) is 8.50. The van der Waals surface area contributed by atoms with Crippen molar-refractivity contribution >= 4 is 51.8 Å². The minimum atomic E-state index is -4.49. The summed E-state index contributed by atoms with van der Waals surface area (Å²) in [6.07, 6.45) is -1.50. The monoisotopic (exact) mass is 899 g/mol. The molecule has 6 unspecified atom stereocenters. The number of hydrogen-bond donors (Lipinski definition) is 4. The zero-order valence-electron chi connectivity index (χ0n) is 37.4. The molecule has 0 saturated carbocycles. The molecule has 5 aromatic rings. The first-order valence-corrected chi connectivity index (χ1v) is 22.3. The summed E-state index contributed by atoms with van der Waals surface area (Å²) in [5.74, 6) is 0.519. The van der Waals surface area contributed by atoms with E-state index in [4.69, 9.17) is 19.4 Å². The average molecular weight is 900 g/mol. The Bertz CT molecular complexity index is 2410. The summed E-state index contributed by atoms with van der Waals surface area (Å²) >= 11 is 0. The standard InChI is InChI=1S/C47H56F3N9O6/c1-25(2)39(55-45(62)64-5)43(60)57-21-7-9-37(57)41-51-31-17-11-27(23-33(31)53-41)35-19-20-36(59(35)30-15-13-29(14-16-30)47(48,49)50)28-12-18-32-34(24-28)54-42(52-32)38-10-8-22-58(38)44(61)40(26(3)4)56-46(63)65-6/h11-18,23-26,35-40H,7-10,19-22H2,1-6H3,(H,51,53)(H,52,54)(H,55,62)(H,56,63).